The summed E-state index contributed by atoms with van der Waals surface area (Å²) in [5.41, 5.74) is 3.74. The minimum absolute atomic E-state index is 0.0746. The highest BCUT2D eigenvalue weighted by atomic mass is 35.5. The number of carboxylic acids is 1. The second-order valence-corrected chi connectivity index (χ2v) is 9.08. The summed E-state index contributed by atoms with van der Waals surface area (Å²) in [5, 5.41) is 24.1. The predicted octanol–water partition coefficient (Wildman–Crippen LogP) is 4.25. The highest BCUT2D eigenvalue weighted by molar-refractivity contribution is 6.30. The molecule has 1 heterocycles. The molecule has 4 rings (SSSR count). The van der Waals surface area contributed by atoms with Crippen LogP contribution in [0.5, 0.6) is 0 Å². The number of carboxylic acid groups (broad SMARTS) is 1. The molecule has 0 spiro atoms. The number of nitrogens with one attached hydrogen (secondary N) is 1. The van der Waals surface area contributed by atoms with Crippen LogP contribution in [0.2, 0.25) is 5.02 Å². The molecule has 1 aliphatic heterocycles. The van der Waals surface area contributed by atoms with Crippen molar-refractivity contribution in [2.45, 2.75) is 38.0 Å². The monoisotopic (exact) mass is 478 g/mol. The lowest BCUT2D eigenvalue weighted by atomic mass is 10.0. The maximum absolute atomic E-state index is 13.1. The average Bonchev–Trinajstić information content (AvgIpc) is 3.22. The van der Waals surface area contributed by atoms with Crippen molar-refractivity contribution in [3.63, 3.8) is 0 Å². The van der Waals surface area contributed by atoms with Crippen molar-refractivity contribution in [3.8, 4) is 0 Å². The van der Waals surface area contributed by atoms with Crippen LogP contribution in [0, 0.1) is 0 Å². The molecule has 34 heavy (non-hydrogen) atoms. The molecule has 176 valence electrons. The molecule has 0 radical (unpaired) electrons. The summed E-state index contributed by atoms with van der Waals surface area (Å²) >= 11 is 6.01. The van der Waals surface area contributed by atoms with E-state index in [4.69, 9.17) is 11.6 Å². The van der Waals surface area contributed by atoms with E-state index in [1.54, 1.807) is 36.4 Å². The van der Waals surface area contributed by atoms with Crippen LogP contribution in [-0.2, 0) is 17.6 Å². The molecule has 3 unspecified atom stereocenters. The summed E-state index contributed by atoms with van der Waals surface area (Å²) in [7, 11) is 0. The molecule has 0 aliphatic carbocycles. The number of hydrogen-bond donors (Lipinski definition) is 3. The quantitative estimate of drug-likeness (QED) is 0.450. The third-order valence-corrected chi connectivity index (χ3v) is 6.32. The molecule has 0 saturated heterocycles. The highest BCUT2D eigenvalue weighted by Crippen LogP contribution is 2.34. The SMILES string of the molecule is CC(Cc1ccc2c(c1)CC(C(=O)O)N2C(=O)c1ccccc1)NCC(O)c1cccc(Cl)c1. The summed E-state index contributed by atoms with van der Waals surface area (Å²) in [6.07, 6.45) is 0.293. The zero-order chi connectivity index (χ0) is 24.2. The summed E-state index contributed by atoms with van der Waals surface area (Å²) < 4.78 is 0. The summed E-state index contributed by atoms with van der Waals surface area (Å²) in [5.74, 6) is -1.34. The summed E-state index contributed by atoms with van der Waals surface area (Å²) in [6.45, 7) is 2.41. The van der Waals surface area contributed by atoms with E-state index in [2.05, 4.69) is 5.32 Å². The van der Waals surface area contributed by atoms with Crippen LogP contribution < -0.4 is 10.2 Å². The van der Waals surface area contributed by atoms with E-state index in [0.29, 0.717) is 29.2 Å². The van der Waals surface area contributed by atoms with E-state index >= 15 is 0 Å². The van der Waals surface area contributed by atoms with Gasteiger partial charge in [-0.05, 0) is 60.4 Å². The van der Waals surface area contributed by atoms with Crippen molar-refractivity contribution >= 4 is 29.2 Å². The first kappa shape index (κ1) is 24.0. The molecule has 1 amide bonds. The number of fused-ring (bicyclic) bond motifs is 1. The van der Waals surface area contributed by atoms with Gasteiger partial charge in [0.05, 0.1) is 6.10 Å². The predicted molar refractivity (Wildman–Crippen MR) is 132 cm³/mol. The maximum Gasteiger partial charge on any atom is 0.327 e. The largest absolute Gasteiger partial charge is 0.480 e. The fourth-order valence-electron chi connectivity index (χ4n) is 4.37. The van der Waals surface area contributed by atoms with E-state index in [0.717, 1.165) is 16.7 Å². The van der Waals surface area contributed by atoms with Crippen molar-refractivity contribution < 1.29 is 19.8 Å². The van der Waals surface area contributed by atoms with Crippen LogP contribution in [-0.4, -0.2) is 40.7 Å². The number of rotatable bonds is 8. The van der Waals surface area contributed by atoms with Gasteiger partial charge >= 0.3 is 5.97 Å². The van der Waals surface area contributed by atoms with Crippen LogP contribution >= 0.6 is 11.6 Å². The van der Waals surface area contributed by atoms with Gasteiger partial charge in [0.2, 0.25) is 0 Å². The van der Waals surface area contributed by atoms with E-state index < -0.39 is 18.1 Å². The van der Waals surface area contributed by atoms with Crippen molar-refractivity contribution in [3.05, 3.63) is 100 Å². The second-order valence-electron chi connectivity index (χ2n) is 8.65. The van der Waals surface area contributed by atoms with E-state index in [1.807, 2.05) is 43.3 Å². The lowest BCUT2D eigenvalue weighted by Gasteiger charge is -2.23. The number of aliphatic hydroxyl groups is 1. The lowest BCUT2D eigenvalue weighted by Crippen LogP contribution is -2.42. The number of carbonyl (C=O) groups excluding carboxylic acids is 1. The smallest absolute Gasteiger partial charge is 0.327 e. The first-order valence-corrected chi connectivity index (χ1v) is 11.6. The number of anilines is 1. The van der Waals surface area contributed by atoms with Crippen LogP contribution in [0.4, 0.5) is 5.69 Å². The fraction of sp³-hybridized carbons (Fsp3) is 0.259. The zero-order valence-corrected chi connectivity index (χ0v) is 19.6. The minimum Gasteiger partial charge on any atom is -0.480 e. The first-order chi connectivity index (χ1) is 16.3. The molecule has 0 aromatic heterocycles. The van der Waals surface area contributed by atoms with E-state index in [9.17, 15) is 19.8 Å². The van der Waals surface area contributed by atoms with Gasteiger partial charge in [-0.3, -0.25) is 9.69 Å². The van der Waals surface area contributed by atoms with Gasteiger partial charge in [0.25, 0.3) is 5.91 Å². The molecule has 6 nitrogen and oxygen atoms in total. The van der Waals surface area contributed by atoms with Crippen LogP contribution in [0.25, 0.3) is 0 Å². The Morgan fingerprint density at radius 3 is 2.56 bits per heavy atom. The van der Waals surface area contributed by atoms with Gasteiger partial charge in [0.15, 0.2) is 0 Å². The molecule has 0 fully saturated rings. The third kappa shape index (κ3) is 5.30. The number of benzene rings is 3. The highest BCUT2D eigenvalue weighted by Gasteiger charge is 2.38. The first-order valence-electron chi connectivity index (χ1n) is 11.2. The number of aliphatic hydroxyl groups excluding tert-OH is 1. The molecule has 0 saturated carbocycles. The Bertz CT molecular complexity index is 1180. The Morgan fingerprint density at radius 1 is 1.09 bits per heavy atom. The number of carbonyl (C=O) groups is 2. The molecule has 3 atom stereocenters. The Hall–Kier alpha value is -3.19. The molecular weight excluding hydrogens is 452 g/mol. The van der Waals surface area contributed by atoms with Crippen molar-refractivity contribution in [1.29, 1.82) is 0 Å². The standard InChI is InChI=1S/C27H27ClN2O4/c1-17(29-16-25(31)20-8-5-9-22(28)14-20)12-18-10-11-23-21(13-18)15-24(27(33)34)30(23)26(32)19-6-3-2-4-7-19/h2-11,13-14,17,24-25,29,31H,12,15-16H2,1H3,(H,33,34). The van der Waals surface area contributed by atoms with E-state index in [1.165, 1.54) is 4.90 Å². The zero-order valence-electron chi connectivity index (χ0n) is 18.8. The van der Waals surface area contributed by atoms with Gasteiger partial charge in [-0.1, -0.05) is 54.1 Å². The number of nitrogens with zero attached hydrogens (tertiary/aromatic N) is 1. The normalized spacial score (nSPS) is 16.7. The molecule has 3 N–H and O–H groups in total. The second kappa shape index (κ2) is 10.4. The Morgan fingerprint density at radius 2 is 1.85 bits per heavy atom. The van der Waals surface area contributed by atoms with Crippen LogP contribution in [0.1, 0.15) is 40.1 Å². The molecular formula is C27H27ClN2O4. The van der Waals surface area contributed by atoms with Gasteiger partial charge in [0.1, 0.15) is 6.04 Å². The lowest BCUT2D eigenvalue weighted by molar-refractivity contribution is -0.138. The minimum atomic E-state index is -1.02. The Labute approximate surface area is 203 Å². The maximum atomic E-state index is 13.1. The van der Waals surface area contributed by atoms with Crippen molar-refractivity contribution in [2.75, 3.05) is 11.4 Å². The Balaban J connectivity index is 1.44. The fourth-order valence-corrected chi connectivity index (χ4v) is 4.57. The molecule has 1 aliphatic rings. The van der Waals surface area contributed by atoms with Crippen LogP contribution in [0.15, 0.2) is 72.8 Å². The Kier molecular flexibility index (Phi) is 7.32. The van der Waals surface area contributed by atoms with Gasteiger partial charge in [-0.25, -0.2) is 4.79 Å². The molecule has 3 aromatic carbocycles. The number of aliphatic carboxylic acids is 1. The number of halogens is 1. The third-order valence-electron chi connectivity index (χ3n) is 6.09. The number of amides is 1. The molecule has 7 heteroatoms. The van der Waals surface area contributed by atoms with Gasteiger partial charge in [-0.15, -0.1) is 0 Å². The number of hydrogen-bond acceptors (Lipinski definition) is 4. The van der Waals surface area contributed by atoms with Crippen molar-refractivity contribution in [2.24, 2.45) is 0 Å². The topological polar surface area (TPSA) is 89.9 Å². The summed E-state index contributed by atoms with van der Waals surface area (Å²) in [6, 6.07) is 20.8. The van der Waals surface area contributed by atoms with Gasteiger partial charge in [0, 0.05) is 35.3 Å². The van der Waals surface area contributed by atoms with E-state index in [-0.39, 0.29) is 18.4 Å². The molecule has 3 aromatic rings. The van der Waals surface area contributed by atoms with Gasteiger partial charge in [-0.2, -0.15) is 0 Å². The summed E-state index contributed by atoms with van der Waals surface area (Å²) in [4.78, 5) is 26.4. The average molecular weight is 479 g/mol. The van der Waals surface area contributed by atoms with Crippen molar-refractivity contribution in [1.82, 2.24) is 5.32 Å². The van der Waals surface area contributed by atoms with Gasteiger partial charge < -0.3 is 15.5 Å². The molecule has 0 bridgehead atoms. The van der Waals surface area contributed by atoms with Crippen LogP contribution in [0.3, 0.4) is 0 Å².